The predicted molar refractivity (Wildman–Crippen MR) is 37.5 cm³/mol. The second kappa shape index (κ2) is 3.20. The highest BCUT2D eigenvalue weighted by Crippen LogP contribution is 2.15. The number of alkyl halides is 1. The molecule has 2 nitrogen and oxygen atoms in total. The van der Waals surface area contributed by atoms with Gasteiger partial charge in [0.05, 0.1) is 6.61 Å². The molecule has 1 fully saturated rings. The van der Waals surface area contributed by atoms with Crippen LogP contribution in [0.1, 0.15) is 19.3 Å². The molecular formula is C6H9BrO2. The van der Waals surface area contributed by atoms with Gasteiger partial charge in [0.2, 0.25) is 0 Å². The third-order valence-electron chi connectivity index (χ3n) is 1.35. The molecule has 1 heterocycles. The van der Waals surface area contributed by atoms with Crippen molar-refractivity contribution in [3.63, 3.8) is 0 Å². The van der Waals surface area contributed by atoms with E-state index in [9.17, 15) is 4.79 Å². The van der Waals surface area contributed by atoms with Gasteiger partial charge in [-0.1, -0.05) is 15.9 Å². The number of rotatable bonds is 0. The fourth-order valence-corrected chi connectivity index (χ4v) is 1.26. The molecular weight excluding hydrogens is 184 g/mol. The summed E-state index contributed by atoms with van der Waals surface area (Å²) in [4.78, 5) is 10.7. The van der Waals surface area contributed by atoms with Crippen LogP contribution in [0, 0.1) is 0 Å². The maximum Gasteiger partial charge on any atom is 0.319 e. The number of esters is 1. The molecule has 0 aromatic carbocycles. The van der Waals surface area contributed by atoms with E-state index in [1.54, 1.807) is 0 Å². The minimum Gasteiger partial charge on any atom is -0.465 e. The first-order chi connectivity index (χ1) is 4.30. The Kier molecular flexibility index (Phi) is 2.51. The van der Waals surface area contributed by atoms with Gasteiger partial charge in [-0.15, -0.1) is 0 Å². The van der Waals surface area contributed by atoms with Gasteiger partial charge in [-0.25, -0.2) is 0 Å². The summed E-state index contributed by atoms with van der Waals surface area (Å²) in [5, 5.41) is 0. The Labute approximate surface area is 62.7 Å². The van der Waals surface area contributed by atoms with Crippen LogP contribution in [-0.2, 0) is 9.53 Å². The fourth-order valence-electron chi connectivity index (χ4n) is 0.807. The lowest BCUT2D eigenvalue weighted by atomic mass is 10.2. The Balaban J connectivity index is 2.41. The third-order valence-corrected chi connectivity index (χ3v) is 2.18. The van der Waals surface area contributed by atoms with Crippen molar-refractivity contribution < 1.29 is 9.53 Å². The van der Waals surface area contributed by atoms with Crippen molar-refractivity contribution in [1.82, 2.24) is 0 Å². The molecule has 9 heavy (non-hydrogen) atoms. The van der Waals surface area contributed by atoms with Crippen LogP contribution >= 0.6 is 15.9 Å². The zero-order chi connectivity index (χ0) is 6.69. The summed E-state index contributed by atoms with van der Waals surface area (Å²) in [6.07, 6.45) is 3.01. The van der Waals surface area contributed by atoms with Gasteiger partial charge in [0.25, 0.3) is 0 Å². The molecule has 0 aliphatic carbocycles. The van der Waals surface area contributed by atoms with E-state index in [2.05, 4.69) is 15.9 Å². The van der Waals surface area contributed by atoms with Crippen molar-refractivity contribution in [2.45, 2.75) is 24.1 Å². The van der Waals surface area contributed by atoms with Crippen LogP contribution in [0.25, 0.3) is 0 Å². The molecule has 0 saturated carbocycles. The van der Waals surface area contributed by atoms with Crippen LogP contribution in [0.2, 0.25) is 0 Å². The van der Waals surface area contributed by atoms with Gasteiger partial charge in [0, 0.05) is 0 Å². The lowest BCUT2D eigenvalue weighted by Gasteiger charge is -2.00. The predicted octanol–water partition coefficient (Wildman–Crippen LogP) is 1.48. The summed E-state index contributed by atoms with van der Waals surface area (Å²) in [6.45, 7) is 0.598. The van der Waals surface area contributed by atoms with Crippen LogP contribution in [-0.4, -0.2) is 17.4 Å². The monoisotopic (exact) mass is 192 g/mol. The van der Waals surface area contributed by atoms with Gasteiger partial charge in [-0.05, 0) is 19.3 Å². The van der Waals surface area contributed by atoms with E-state index in [-0.39, 0.29) is 10.8 Å². The minimum absolute atomic E-state index is 0.0556. The Morgan fingerprint density at radius 3 is 3.11 bits per heavy atom. The van der Waals surface area contributed by atoms with Crippen molar-refractivity contribution in [2.75, 3.05) is 6.61 Å². The number of ether oxygens (including phenoxy) is 1. The standard InChI is InChI=1S/C6H9BrO2/c7-5-3-1-2-4-9-6(5)8/h5H,1-4H2/t5-/m1/s1. The highest BCUT2D eigenvalue weighted by atomic mass is 79.9. The van der Waals surface area contributed by atoms with Crippen LogP contribution < -0.4 is 0 Å². The molecule has 0 N–H and O–H groups in total. The molecule has 1 aliphatic rings. The van der Waals surface area contributed by atoms with Crippen LogP contribution in [0.4, 0.5) is 0 Å². The third kappa shape index (κ3) is 1.97. The SMILES string of the molecule is O=C1OCCCC[C@H]1Br. The average molecular weight is 193 g/mol. The fraction of sp³-hybridized carbons (Fsp3) is 0.833. The maximum absolute atomic E-state index is 10.7. The highest BCUT2D eigenvalue weighted by Gasteiger charge is 2.18. The molecule has 0 aromatic rings. The molecule has 0 unspecified atom stereocenters. The first-order valence-electron chi connectivity index (χ1n) is 3.11. The Hall–Kier alpha value is -0.0500. The van der Waals surface area contributed by atoms with E-state index >= 15 is 0 Å². The molecule has 0 radical (unpaired) electrons. The minimum atomic E-state index is -0.104. The zero-order valence-corrected chi connectivity index (χ0v) is 6.69. The van der Waals surface area contributed by atoms with Crippen molar-refractivity contribution >= 4 is 21.9 Å². The lowest BCUT2D eigenvalue weighted by molar-refractivity contribution is -0.141. The van der Waals surface area contributed by atoms with Crippen molar-refractivity contribution in [1.29, 1.82) is 0 Å². The largest absolute Gasteiger partial charge is 0.465 e. The zero-order valence-electron chi connectivity index (χ0n) is 5.10. The number of carbonyl (C=O) groups excluding carboxylic acids is 1. The van der Waals surface area contributed by atoms with E-state index in [1.165, 1.54) is 0 Å². The highest BCUT2D eigenvalue weighted by molar-refractivity contribution is 9.10. The molecule has 0 bridgehead atoms. The molecule has 1 saturated heterocycles. The first kappa shape index (κ1) is 7.06. The Bertz CT molecular complexity index is 114. The number of hydrogen-bond acceptors (Lipinski definition) is 2. The molecule has 1 aliphatic heterocycles. The second-order valence-corrected chi connectivity index (χ2v) is 3.24. The number of halogens is 1. The molecule has 0 spiro atoms. The topological polar surface area (TPSA) is 26.3 Å². The van der Waals surface area contributed by atoms with E-state index in [4.69, 9.17) is 4.74 Å². The molecule has 1 rings (SSSR count). The van der Waals surface area contributed by atoms with E-state index in [1.807, 2.05) is 0 Å². The van der Waals surface area contributed by atoms with Gasteiger partial charge >= 0.3 is 5.97 Å². The number of cyclic esters (lactones) is 1. The van der Waals surface area contributed by atoms with Crippen molar-refractivity contribution in [2.24, 2.45) is 0 Å². The number of hydrogen-bond donors (Lipinski definition) is 0. The van der Waals surface area contributed by atoms with Crippen molar-refractivity contribution in [3.05, 3.63) is 0 Å². The second-order valence-electron chi connectivity index (χ2n) is 2.13. The molecule has 1 atom stereocenters. The average Bonchev–Trinajstić information content (AvgIpc) is 1.99. The Morgan fingerprint density at radius 2 is 2.33 bits per heavy atom. The van der Waals surface area contributed by atoms with Gasteiger partial charge in [0.1, 0.15) is 4.83 Å². The van der Waals surface area contributed by atoms with E-state index in [0.717, 1.165) is 19.3 Å². The molecule has 3 heteroatoms. The quantitative estimate of drug-likeness (QED) is 0.430. The summed E-state index contributed by atoms with van der Waals surface area (Å²) >= 11 is 3.23. The van der Waals surface area contributed by atoms with Gasteiger partial charge in [0.15, 0.2) is 0 Å². The Morgan fingerprint density at radius 1 is 1.56 bits per heavy atom. The number of carbonyl (C=O) groups is 1. The lowest BCUT2D eigenvalue weighted by Crippen LogP contribution is -2.14. The summed E-state index contributed by atoms with van der Waals surface area (Å²) in [7, 11) is 0. The first-order valence-corrected chi connectivity index (χ1v) is 4.03. The van der Waals surface area contributed by atoms with Crippen LogP contribution in [0.5, 0.6) is 0 Å². The smallest absolute Gasteiger partial charge is 0.319 e. The van der Waals surface area contributed by atoms with Gasteiger partial charge in [-0.3, -0.25) is 4.79 Å². The normalized spacial score (nSPS) is 29.0. The summed E-state index contributed by atoms with van der Waals surface area (Å²) in [5.74, 6) is -0.104. The van der Waals surface area contributed by atoms with Crippen LogP contribution in [0.3, 0.4) is 0 Å². The van der Waals surface area contributed by atoms with Gasteiger partial charge < -0.3 is 4.74 Å². The van der Waals surface area contributed by atoms with Crippen molar-refractivity contribution in [3.8, 4) is 0 Å². The summed E-state index contributed by atoms with van der Waals surface area (Å²) in [5.41, 5.74) is 0. The molecule has 0 amide bonds. The maximum atomic E-state index is 10.7. The van der Waals surface area contributed by atoms with E-state index in [0.29, 0.717) is 6.61 Å². The molecule has 0 aromatic heterocycles. The van der Waals surface area contributed by atoms with Gasteiger partial charge in [-0.2, -0.15) is 0 Å². The summed E-state index contributed by atoms with van der Waals surface area (Å²) in [6, 6.07) is 0. The molecule has 52 valence electrons. The summed E-state index contributed by atoms with van der Waals surface area (Å²) < 4.78 is 4.83. The van der Waals surface area contributed by atoms with Crippen LogP contribution in [0.15, 0.2) is 0 Å². The van der Waals surface area contributed by atoms with E-state index < -0.39 is 0 Å².